The van der Waals surface area contributed by atoms with Gasteiger partial charge in [-0.25, -0.2) is 0 Å². The van der Waals surface area contributed by atoms with Gasteiger partial charge < -0.3 is 15.3 Å². The van der Waals surface area contributed by atoms with Crippen molar-refractivity contribution in [1.82, 2.24) is 0 Å². The second-order valence-electron chi connectivity index (χ2n) is 8.65. The summed E-state index contributed by atoms with van der Waals surface area (Å²) in [5, 5.41) is 30.6. The molecule has 3 nitrogen and oxygen atoms in total. The van der Waals surface area contributed by atoms with Crippen LogP contribution in [0.2, 0.25) is 0 Å². The van der Waals surface area contributed by atoms with Gasteiger partial charge in [0, 0.05) is 6.42 Å². The number of hydrogen-bond donors (Lipinski definition) is 3. The summed E-state index contributed by atoms with van der Waals surface area (Å²) in [4.78, 5) is 0. The number of aryl methyl sites for hydroxylation is 2. The Labute approximate surface area is 186 Å². The minimum Gasteiger partial charge on any atom is -0.388 e. The van der Waals surface area contributed by atoms with E-state index < -0.39 is 17.8 Å². The smallest absolute Gasteiger partial charge is 0.0825 e. The fourth-order valence-electron chi connectivity index (χ4n) is 4.30. The monoisotopic (exact) mass is 420 g/mol. The van der Waals surface area contributed by atoms with Gasteiger partial charge in [0.15, 0.2) is 0 Å². The minimum atomic E-state index is -0.726. The fraction of sp³-hybridized carbons (Fsp3) is 0.429. The molecule has 0 amide bonds. The third kappa shape index (κ3) is 5.74. The summed E-state index contributed by atoms with van der Waals surface area (Å²) in [6.07, 6.45) is 9.47. The molecule has 0 aromatic heterocycles. The Bertz CT molecular complexity index is 937. The van der Waals surface area contributed by atoms with Crippen LogP contribution in [0.3, 0.4) is 0 Å². The molecule has 0 saturated carbocycles. The molecule has 3 rings (SSSR count). The van der Waals surface area contributed by atoms with Gasteiger partial charge in [0.2, 0.25) is 0 Å². The van der Waals surface area contributed by atoms with Crippen molar-refractivity contribution in [3.05, 3.63) is 88.5 Å². The maximum atomic E-state index is 10.5. The Morgan fingerprint density at radius 3 is 2.29 bits per heavy atom. The fourth-order valence-corrected chi connectivity index (χ4v) is 4.30. The molecule has 0 radical (unpaired) electrons. The quantitative estimate of drug-likeness (QED) is 0.446. The normalized spacial score (nSPS) is 19.2. The molecule has 0 fully saturated rings. The van der Waals surface area contributed by atoms with E-state index >= 15 is 0 Å². The molecule has 3 N–H and O–H groups in total. The van der Waals surface area contributed by atoms with Crippen LogP contribution in [0.25, 0.3) is 5.57 Å². The second-order valence-corrected chi connectivity index (χ2v) is 8.65. The van der Waals surface area contributed by atoms with Gasteiger partial charge in [0.1, 0.15) is 0 Å². The van der Waals surface area contributed by atoms with Gasteiger partial charge in [0.05, 0.1) is 17.8 Å². The molecular weight excluding hydrogens is 384 g/mol. The summed E-state index contributed by atoms with van der Waals surface area (Å²) in [7, 11) is 0. The first-order valence-corrected chi connectivity index (χ1v) is 11.6. The molecule has 0 spiro atoms. The average molecular weight is 421 g/mol. The molecule has 2 unspecified atom stereocenters. The van der Waals surface area contributed by atoms with Crippen LogP contribution in [0, 0.1) is 0 Å². The lowest BCUT2D eigenvalue weighted by molar-refractivity contribution is 0.0828. The highest BCUT2D eigenvalue weighted by Gasteiger charge is 2.28. The van der Waals surface area contributed by atoms with Crippen LogP contribution in [-0.2, 0) is 12.8 Å². The van der Waals surface area contributed by atoms with E-state index in [-0.39, 0.29) is 0 Å². The molecule has 3 heteroatoms. The molecule has 166 valence electrons. The van der Waals surface area contributed by atoms with Crippen molar-refractivity contribution in [3.8, 4) is 0 Å². The number of benzene rings is 2. The molecule has 31 heavy (non-hydrogen) atoms. The number of aliphatic hydroxyl groups is 3. The molecular formula is C28H36O3. The second kappa shape index (κ2) is 10.4. The van der Waals surface area contributed by atoms with E-state index in [4.69, 9.17) is 0 Å². The van der Waals surface area contributed by atoms with E-state index in [9.17, 15) is 15.3 Å². The molecule has 0 aliphatic heterocycles. The third-order valence-electron chi connectivity index (χ3n) is 6.63. The van der Waals surface area contributed by atoms with E-state index in [0.29, 0.717) is 19.3 Å². The maximum Gasteiger partial charge on any atom is 0.0825 e. The van der Waals surface area contributed by atoms with E-state index in [1.54, 1.807) is 0 Å². The predicted octanol–water partition coefficient (Wildman–Crippen LogP) is 5.84. The lowest BCUT2D eigenvalue weighted by Gasteiger charge is -2.20. The summed E-state index contributed by atoms with van der Waals surface area (Å²) in [5.41, 5.74) is 5.95. The lowest BCUT2D eigenvalue weighted by atomic mass is 9.95. The number of rotatable bonds is 9. The molecule has 0 saturated heterocycles. The van der Waals surface area contributed by atoms with Crippen molar-refractivity contribution < 1.29 is 15.3 Å². The Kier molecular flexibility index (Phi) is 7.88. The Hall–Kier alpha value is -2.20. The van der Waals surface area contributed by atoms with Crippen molar-refractivity contribution in [2.45, 2.75) is 77.1 Å². The van der Waals surface area contributed by atoms with E-state index in [0.717, 1.165) is 30.4 Å². The Morgan fingerprint density at radius 2 is 1.61 bits per heavy atom. The van der Waals surface area contributed by atoms with Crippen molar-refractivity contribution in [3.63, 3.8) is 0 Å². The summed E-state index contributed by atoms with van der Waals surface area (Å²) in [6.45, 7) is 6.17. The third-order valence-corrected chi connectivity index (χ3v) is 6.63. The minimum absolute atomic E-state index is 0.398. The van der Waals surface area contributed by atoms with Crippen LogP contribution in [0.5, 0.6) is 0 Å². The summed E-state index contributed by atoms with van der Waals surface area (Å²) >= 11 is 0. The Morgan fingerprint density at radius 1 is 0.935 bits per heavy atom. The molecule has 1 aliphatic carbocycles. The van der Waals surface area contributed by atoms with Gasteiger partial charge in [-0.1, -0.05) is 81.5 Å². The molecule has 0 heterocycles. The van der Waals surface area contributed by atoms with Crippen molar-refractivity contribution >= 4 is 5.57 Å². The summed E-state index contributed by atoms with van der Waals surface area (Å²) in [6, 6.07) is 14.7. The van der Waals surface area contributed by atoms with E-state index in [1.807, 2.05) is 38.1 Å². The Balaban J connectivity index is 1.70. The molecule has 2 atom stereocenters. The average Bonchev–Trinajstić information content (AvgIpc) is 3.08. The summed E-state index contributed by atoms with van der Waals surface area (Å²) in [5.74, 6) is 0. The highest BCUT2D eigenvalue weighted by atomic mass is 16.3. The highest BCUT2D eigenvalue weighted by Crippen LogP contribution is 2.39. The first kappa shape index (κ1) is 23.5. The van der Waals surface area contributed by atoms with Crippen LogP contribution >= 0.6 is 0 Å². The summed E-state index contributed by atoms with van der Waals surface area (Å²) < 4.78 is 0. The van der Waals surface area contributed by atoms with Crippen LogP contribution in [0.4, 0.5) is 0 Å². The first-order valence-electron chi connectivity index (χ1n) is 11.6. The zero-order valence-corrected chi connectivity index (χ0v) is 19.0. The van der Waals surface area contributed by atoms with Gasteiger partial charge in [-0.2, -0.15) is 0 Å². The molecule has 1 aliphatic rings. The van der Waals surface area contributed by atoms with Crippen LogP contribution < -0.4 is 0 Å². The highest BCUT2D eigenvalue weighted by molar-refractivity contribution is 5.67. The van der Waals surface area contributed by atoms with Gasteiger partial charge in [-0.15, -0.1) is 0 Å². The number of allylic oxidation sites excluding steroid dienone is 3. The molecule has 2 aromatic carbocycles. The SMILES string of the molecule is CC/C(=C\C=C\C(O)(CC)CC)c1cccc(CCc2ccc3c(c2)C(O)CC3O)c1. The van der Waals surface area contributed by atoms with E-state index in [2.05, 4.69) is 43.3 Å². The van der Waals surface area contributed by atoms with Crippen molar-refractivity contribution in [2.75, 3.05) is 0 Å². The van der Waals surface area contributed by atoms with Gasteiger partial charge >= 0.3 is 0 Å². The molecule has 2 aromatic rings. The lowest BCUT2D eigenvalue weighted by Crippen LogP contribution is -2.22. The molecule has 0 bridgehead atoms. The zero-order chi connectivity index (χ0) is 22.4. The van der Waals surface area contributed by atoms with E-state index in [1.165, 1.54) is 22.3 Å². The van der Waals surface area contributed by atoms with Crippen molar-refractivity contribution in [1.29, 1.82) is 0 Å². The first-order chi connectivity index (χ1) is 14.9. The van der Waals surface area contributed by atoms with Gasteiger partial charge in [-0.05, 0) is 65.5 Å². The van der Waals surface area contributed by atoms with Crippen LogP contribution in [0.1, 0.15) is 86.5 Å². The van der Waals surface area contributed by atoms with Crippen LogP contribution in [0.15, 0.2) is 60.7 Å². The number of aliphatic hydroxyl groups excluding tert-OH is 2. The van der Waals surface area contributed by atoms with Crippen molar-refractivity contribution in [2.24, 2.45) is 0 Å². The standard InChI is InChI=1S/C28H36O3/c1-4-22(11-8-16-28(31,5-2)6-3)23-10-7-9-20(17-23)12-13-21-14-15-24-25(18-21)27(30)19-26(24)29/h7-11,14-18,26-27,29-31H,4-6,12-13,19H2,1-3H3/b16-8+,22-11+. The number of hydrogen-bond acceptors (Lipinski definition) is 3. The maximum absolute atomic E-state index is 10.5. The van der Waals surface area contributed by atoms with Gasteiger partial charge in [-0.3, -0.25) is 0 Å². The van der Waals surface area contributed by atoms with Gasteiger partial charge in [0.25, 0.3) is 0 Å². The van der Waals surface area contributed by atoms with Crippen LogP contribution in [-0.4, -0.2) is 20.9 Å². The predicted molar refractivity (Wildman–Crippen MR) is 128 cm³/mol. The zero-order valence-electron chi connectivity index (χ0n) is 19.0. The number of fused-ring (bicyclic) bond motifs is 1. The largest absolute Gasteiger partial charge is 0.388 e. The topological polar surface area (TPSA) is 60.7 Å².